The van der Waals surface area contributed by atoms with Crippen LogP contribution in [0.5, 0.6) is 0 Å². The van der Waals surface area contributed by atoms with Crippen LogP contribution >= 0.6 is 0 Å². The molecule has 0 bridgehead atoms. The van der Waals surface area contributed by atoms with Crippen molar-refractivity contribution in [2.75, 3.05) is 11.5 Å². The smallest absolute Gasteiger partial charge is 0.237 e. The van der Waals surface area contributed by atoms with Crippen molar-refractivity contribution in [2.24, 2.45) is 11.7 Å². The van der Waals surface area contributed by atoms with E-state index in [-0.39, 0.29) is 52.2 Å². The molecule has 0 aromatic heterocycles. The number of amides is 3. The fourth-order valence-corrected chi connectivity index (χ4v) is 4.47. The van der Waals surface area contributed by atoms with E-state index in [9.17, 15) is 14.4 Å². The van der Waals surface area contributed by atoms with Crippen molar-refractivity contribution in [1.82, 2.24) is 5.32 Å². The van der Waals surface area contributed by atoms with Crippen LogP contribution in [-0.2, 0) is 24.5 Å². The van der Waals surface area contributed by atoms with E-state index >= 15 is 0 Å². The quantitative estimate of drug-likeness (QED) is 0.350. The summed E-state index contributed by atoms with van der Waals surface area (Å²) in [4.78, 5) is 38.6. The van der Waals surface area contributed by atoms with Gasteiger partial charge in [0.15, 0.2) is 0 Å². The minimum Gasteiger partial charge on any atom is -0.376 e. The van der Waals surface area contributed by atoms with E-state index in [1.54, 1.807) is 6.92 Å². The summed E-state index contributed by atoms with van der Waals surface area (Å²) in [6.07, 6.45) is 3.76. The third-order valence-corrected chi connectivity index (χ3v) is 7.33. The number of anilines is 1. The molecule has 1 fully saturated rings. The Morgan fingerprint density at radius 2 is 1.57 bits per heavy atom. The molecular weight excluding hydrogens is 466 g/mol. The Morgan fingerprint density at radius 3 is 2.08 bits per heavy atom. The second kappa shape index (κ2) is 11.6. The van der Waals surface area contributed by atoms with Crippen molar-refractivity contribution in [1.29, 1.82) is 0 Å². The maximum atomic E-state index is 12.8. The van der Waals surface area contributed by atoms with Crippen LogP contribution in [0.4, 0.5) is 5.69 Å². The van der Waals surface area contributed by atoms with E-state index in [1.165, 1.54) is 4.90 Å². The van der Waals surface area contributed by atoms with E-state index in [0.29, 0.717) is 25.1 Å². The van der Waals surface area contributed by atoms with E-state index < -0.39 is 0 Å². The lowest BCUT2D eigenvalue weighted by Crippen LogP contribution is -2.45. The van der Waals surface area contributed by atoms with Crippen molar-refractivity contribution >= 4 is 23.4 Å². The zero-order valence-electron chi connectivity index (χ0n) is 24.5. The van der Waals surface area contributed by atoms with Crippen LogP contribution in [0.2, 0.25) is 0 Å². The van der Waals surface area contributed by atoms with Gasteiger partial charge in [0.2, 0.25) is 17.7 Å². The first-order chi connectivity index (χ1) is 16.8. The molecule has 1 aliphatic heterocycles. The van der Waals surface area contributed by atoms with Crippen molar-refractivity contribution in [2.45, 2.75) is 123 Å². The number of hydrogen-bond acceptors (Lipinski definition) is 5. The van der Waals surface area contributed by atoms with Gasteiger partial charge in [-0.15, -0.1) is 0 Å². The van der Waals surface area contributed by atoms with Gasteiger partial charge in [-0.3, -0.25) is 19.3 Å². The van der Waals surface area contributed by atoms with Crippen LogP contribution in [0.25, 0.3) is 0 Å². The summed E-state index contributed by atoms with van der Waals surface area (Å²) in [6, 6.07) is 7.56. The second-order valence-electron chi connectivity index (χ2n) is 13.4. The molecule has 1 heterocycles. The molecule has 3 N–H and O–H groups in total. The lowest BCUT2D eigenvalue weighted by atomic mass is 9.80. The Morgan fingerprint density at radius 1 is 0.973 bits per heavy atom. The predicted molar refractivity (Wildman–Crippen MR) is 149 cm³/mol. The van der Waals surface area contributed by atoms with E-state index in [1.807, 2.05) is 38.1 Å². The molecule has 3 amide bonds. The summed E-state index contributed by atoms with van der Waals surface area (Å²) in [6.45, 7) is 18.9. The molecule has 7 nitrogen and oxygen atoms in total. The zero-order valence-corrected chi connectivity index (χ0v) is 24.5. The van der Waals surface area contributed by atoms with E-state index in [2.05, 4.69) is 46.9 Å². The Balaban J connectivity index is 1.86. The van der Waals surface area contributed by atoms with Crippen LogP contribution in [0, 0.1) is 5.92 Å². The standard InChI is InChI=1S/C30H49N3O4/c1-21-20-25(35)33(26(21)36)23-12-10-22(11-13-23)27(2,3)15-14-24(34)32-29(6,7)16-17-30(8,9)37-19-18-28(4,5)31/h10-13,21H,14-20,31H2,1-9H3,(H,32,34). The maximum absolute atomic E-state index is 12.8. The van der Waals surface area contributed by atoms with E-state index in [0.717, 1.165) is 24.8 Å². The Hall–Kier alpha value is -2.25. The Labute approximate surface area is 223 Å². The first kappa shape index (κ1) is 31.0. The first-order valence-electron chi connectivity index (χ1n) is 13.5. The molecule has 1 aromatic rings. The lowest BCUT2D eigenvalue weighted by molar-refractivity contribution is -0.124. The van der Waals surface area contributed by atoms with Gasteiger partial charge in [0.25, 0.3) is 0 Å². The van der Waals surface area contributed by atoms with E-state index in [4.69, 9.17) is 10.5 Å². The molecule has 0 saturated carbocycles. The van der Waals surface area contributed by atoms with Crippen molar-refractivity contribution in [3.05, 3.63) is 29.8 Å². The topological polar surface area (TPSA) is 102 Å². The summed E-state index contributed by atoms with van der Waals surface area (Å²) in [5, 5.41) is 3.20. The normalized spacial score (nSPS) is 17.5. The van der Waals surface area contributed by atoms with Gasteiger partial charge in [-0.1, -0.05) is 32.9 Å². The fraction of sp³-hybridized carbons (Fsp3) is 0.700. The number of carbonyl (C=O) groups is 3. The highest BCUT2D eigenvalue weighted by molar-refractivity contribution is 6.20. The number of nitrogens with two attached hydrogens (primary N) is 1. The summed E-state index contributed by atoms with van der Waals surface area (Å²) in [5.41, 5.74) is 6.61. The fourth-order valence-electron chi connectivity index (χ4n) is 4.47. The average molecular weight is 516 g/mol. The van der Waals surface area contributed by atoms with Crippen LogP contribution in [-0.4, -0.2) is 41.0 Å². The maximum Gasteiger partial charge on any atom is 0.237 e. The molecule has 0 spiro atoms. The van der Waals surface area contributed by atoms with Gasteiger partial charge in [-0.25, -0.2) is 0 Å². The highest BCUT2D eigenvalue weighted by Crippen LogP contribution is 2.32. The minimum absolute atomic E-state index is 0.0283. The van der Waals surface area contributed by atoms with Gasteiger partial charge in [0.1, 0.15) is 0 Å². The summed E-state index contributed by atoms with van der Waals surface area (Å²) < 4.78 is 6.07. The first-order valence-corrected chi connectivity index (χ1v) is 13.5. The highest BCUT2D eigenvalue weighted by Gasteiger charge is 2.36. The van der Waals surface area contributed by atoms with Gasteiger partial charge >= 0.3 is 0 Å². The number of nitrogens with zero attached hydrogens (tertiary/aromatic N) is 1. The average Bonchev–Trinajstić information content (AvgIpc) is 3.01. The van der Waals surface area contributed by atoms with Crippen LogP contribution in [0.15, 0.2) is 24.3 Å². The molecule has 37 heavy (non-hydrogen) atoms. The number of carbonyl (C=O) groups excluding carboxylic acids is 3. The molecule has 2 rings (SSSR count). The van der Waals surface area contributed by atoms with Gasteiger partial charge in [-0.05, 0) is 90.3 Å². The molecular formula is C30H49N3O4. The molecule has 1 aromatic carbocycles. The number of benzene rings is 1. The largest absolute Gasteiger partial charge is 0.376 e. The molecule has 1 atom stereocenters. The van der Waals surface area contributed by atoms with Gasteiger partial charge in [0, 0.05) is 36.4 Å². The molecule has 0 aliphatic carbocycles. The molecule has 1 saturated heterocycles. The number of ether oxygens (including phenoxy) is 1. The third kappa shape index (κ3) is 9.53. The number of nitrogens with one attached hydrogen (secondary N) is 1. The summed E-state index contributed by atoms with van der Waals surface area (Å²) in [7, 11) is 0. The number of imide groups is 1. The molecule has 7 heteroatoms. The SMILES string of the molecule is CC1CC(=O)N(c2ccc(C(C)(C)CCC(=O)NC(C)(C)CCC(C)(C)OCCC(C)(C)N)cc2)C1=O. The highest BCUT2D eigenvalue weighted by atomic mass is 16.5. The second-order valence-corrected chi connectivity index (χ2v) is 13.4. The summed E-state index contributed by atoms with van der Waals surface area (Å²) >= 11 is 0. The van der Waals surface area contributed by atoms with Gasteiger partial charge in [-0.2, -0.15) is 0 Å². The zero-order chi connectivity index (χ0) is 28.2. The van der Waals surface area contributed by atoms with Crippen molar-refractivity contribution in [3.8, 4) is 0 Å². The van der Waals surface area contributed by atoms with Crippen LogP contribution in [0.1, 0.15) is 106 Å². The lowest BCUT2D eigenvalue weighted by Gasteiger charge is -2.33. The molecule has 1 aliphatic rings. The van der Waals surface area contributed by atoms with Gasteiger partial charge < -0.3 is 15.8 Å². The Bertz CT molecular complexity index is 958. The predicted octanol–water partition coefficient (Wildman–Crippen LogP) is 5.24. The monoisotopic (exact) mass is 515 g/mol. The third-order valence-electron chi connectivity index (χ3n) is 7.33. The number of hydrogen-bond donors (Lipinski definition) is 2. The summed E-state index contributed by atoms with van der Waals surface area (Å²) in [5.74, 6) is -0.543. The number of rotatable bonds is 13. The van der Waals surface area contributed by atoms with Crippen molar-refractivity contribution in [3.63, 3.8) is 0 Å². The molecule has 0 radical (unpaired) electrons. The van der Waals surface area contributed by atoms with Gasteiger partial charge in [0.05, 0.1) is 11.3 Å². The minimum atomic E-state index is -0.345. The van der Waals surface area contributed by atoms with Crippen LogP contribution < -0.4 is 16.0 Å². The Kier molecular flexibility index (Phi) is 9.75. The van der Waals surface area contributed by atoms with Crippen LogP contribution in [0.3, 0.4) is 0 Å². The van der Waals surface area contributed by atoms with Crippen molar-refractivity contribution < 1.29 is 19.1 Å². The molecule has 1 unspecified atom stereocenters. The molecule has 208 valence electrons.